The second-order valence-electron chi connectivity index (χ2n) is 1.70. The van der Waals surface area contributed by atoms with Gasteiger partial charge in [0.05, 0.1) is 6.17 Å². The molecule has 1 heterocycles. The van der Waals surface area contributed by atoms with Crippen LogP contribution in [0.15, 0.2) is 0 Å². The van der Waals surface area contributed by atoms with Gasteiger partial charge in [0.25, 0.3) is 0 Å². The smallest absolute Gasteiger partial charge is 0.0546 e. The van der Waals surface area contributed by atoms with Crippen LogP contribution in [0.4, 0.5) is 0 Å². The first-order valence-electron chi connectivity index (χ1n) is 2.38. The minimum atomic E-state index is 0. The number of rotatable bonds is 0. The summed E-state index contributed by atoms with van der Waals surface area (Å²) in [5, 5.41) is 3.10. The fourth-order valence-electron chi connectivity index (χ4n) is 0.711. The summed E-state index contributed by atoms with van der Waals surface area (Å²) in [6, 6.07) is 0. The van der Waals surface area contributed by atoms with Crippen molar-refractivity contribution in [3.8, 4) is 0 Å². The van der Waals surface area contributed by atoms with E-state index in [1.807, 2.05) is 0 Å². The molecule has 0 aromatic carbocycles. The van der Waals surface area contributed by atoms with Crippen molar-refractivity contribution in [2.45, 2.75) is 19.0 Å². The second-order valence-corrected chi connectivity index (χ2v) is 1.70. The molecule has 1 fully saturated rings. The molecule has 1 aliphatic heterocycles. The van der Waals surface area contributed by atoms with Crippen molar-refractivity contribution in [3.05, 3.63) is 0 Å². The Kier molecular flexibility index (Phi) is 7.97. The fourth-order valence-corrected chi connectivity index (χ4v) is 0.711. The molecule has 1 saturated heterocycles. The van der Waals surface area contributed by atoms with E-state index in [0.717, 1.165) is 13.0 Å². The molecule has 0 saturated carbocycles. The van der Waals surface area contributed by atoms with Gasteiger partial charge in [-0.05, 0) is 19.4 Å². The van der Waals surface area contributed by atoms with Crippen molar-refractivity contribution in [1.29, 1.82) is 0 Å². The molecule has 0 aromatic rings. The molecule has 1 aliphatic rings. The average Bonchev–Trinajstić information content (AvgIpc) is 1.86. The molecule has 0 amide bonds. The summed E-state index contributed by atoms with van der Waals surface area (Å²) in [4.78, 5) is 0. The Morgan fingerprint density at radius 1 is 1.38 bits per heavy atom. The first-order valence-corrected chi connectivity index (χ1v) is 2.38. The zero-order valence-corrected chi connectivity index (χ0v) is 6.23. The summed E-state index contributed by atoms with van der Waals surface area (Å²) in [5.74, 6) is 0. The number of hydrogen-bond acceptors (Lipinski definition) is 2. The van der Waals surface area contributed by atoms with E-state index < -0.39 is 0 Å². The molecule has 1 rings (SSSR count). The van der Waals surface area contributed by atoms with Crippen LogP contribution in [0.1, 0.15) is 12.8 Å². The molecule has 4 heteroatoms. The number of nitrogens with one attached hydrogen (secondary N) is 1. The second kappa shape index (κ2) is 5.63. The lowest BCUT2D eigenvalue weighted by atomic mass is 10.3. The Bertz CT molecular complexity index is 45.3. The number of hydrogen-bond donors (Lipinski definition) is 2. The molecule has 1 unspecified atom stereocenters. The molecule has 0 bridgehead atoms. The summed E-state index contributed by atoms with van der Waals surface area (Å²) in [6.07, 6.45) is 2.70. The molecular weight excluding hydrogens is 147 g/mol. The van der Waals surface area contributed by atoms with Crippen LogP contribution in [0.25, 0.3) is 0 Å². The van der Waals surface area contributed by atoms with Crippen LogP contribution >= 0.6 is 24.8 Å². The maximum atomic E-state index is 5.42. The summed E-state index contributed by atoms with van der Waals surface area (Å²) >= 11 is 0. The minimum Gasteiger partial charge on any atom is -0.316 e. The van der Waals surface area contributed by atoms with E-state index in [1.165, 1.54) is 6.42 Å². The van der Waals surface area contributed by atoms with Crippen molar-refractivity contribution < 1.29 is 0 Å². The van der Waals surface area contributed by atoms with E-state index in [4.69, 9.17) is 5.73 Å². The van der Waals surface area contributed by atoms with Gasteiger partial charge in [0.1, 0.15) is 0 Å². The highest BCUT2D eigenvalue weighted by molar-refractivity contribution is 5.85. The largest absolute Gasteiger partial charge is 0.316 e. The van der Waals surface area contributed by atoms with Gasteiger partial charge >= 0.3 is 0 Å². The van der Waals surface area contributed by atoms with Crippen molar-refractivity contribution in [1.82, 2.24) is 5.32 Å². The quantitative estimate of drug-likeness (QED) is 0.540. The van der Waals surface area contributed by atoms with Gasteiger partial charge in [0.15, 0.2) is 0 Å². The van der Waals surface area contributed by atoms with Crippen LogP contribution in [0.5, 0.6) is 0 Å². The first kappa shape index (κ1) is 11.3. The van der Waals surface area contributed by atoms with Gasteiger partial charge in [0, 0.05) is 0 Å². The summed E-state index contributed by atoms with van der Waals surface area (Å²) < 4.78 is 0. The van der Waals surface area contributed by atoms with Gasteiger partial charge in [-0.1, -0.05) is 0 Å². The third-order valence-corrected chi connectivity index (χ3v) is 1.10. The molecule has 52 valence electrons. The lowest BCUT2D eigenvalue weighted by molar-refractivity contribution is 0.634. The molecular formula is C4H12Cl2N2. The predicted octanol–water partition coefficient (Wildman–Crippen LogP) is 0.498. The Morgan fingerprint density at radius 2 is 2.00 bits per heavy atom. The predicted molar refractivity (Wildman–Crippen MR) is 39.7 cm³/mol. The fraction of sp³-hybridized carbons (Fsp3) is 1.00. The maximum Gasteiger partial charge on any atom is 0.0546 e. The van der Waals surface area contributed by atoms with E-state index in [1.54, 1.807) is 0 Å². The van der Waals surface area contributed by atoms with Crippen molar-refractivity contribution in [3.63, 3.8) is 0 Å². The van der Waals surface area contributed by atoms with Gasteiger partial charge in [-0.15, -0.1) is 24.8 Å². The van der Waals surface area contributed by atoms with E-state index in [-0.39, 0.29) is 24.8 Å². The monoisotopic (exact) mass is 158 g/mol. The zero-order valence-electron chi connectivity index (χ0n) is 4.59. The molecule has 2 nitrogen and oxygen atoms in total. The highest BCUT2D eigenvalue weighted by atomic mass is 35.5. The molecule has 0 aliphatic carbocycles. The average molecular weight is 159 g/mol. The number of nitrogens with two attached hydrogens (primary N) is 1. The molecule has 0 radical (unpaired) electrons. The van der Waals surface area contributed by atoms with Crippen molar-refractivity contribution >= 4 is 24.8 Å². The molecule has 1 atom stereocenters. The van der Waals surface area contributed by atoms with E-state index in [0.29, 0.717) is 6.17 Å². The molecule has 0 spiro atoms. The van der Waals surface area contributed by atoms with E-state index in [2.05, 4.69) is 5.32 Å². The van der Waals surface area contributed by atoms with Gasteiger partial charge in [0.2, 0.25) is 0 Å². The third-order valence-electron chi connectivity index (χ3n) is 1.10. The summed E-state index contributed by atoms with van der Waals surface area (Å²) in [7, 11) is 0. The van der Waals surface area contributed by atoms with E-state index in [9.17, 15) is 0 Å². The Labute approximate surface area is 62.0 Å². The van der Waals surface area contributed by atoms with Crippen LogP contribution in [0.3, 0.4) is 0 Å². The molecule has 3 N–H and O–H groups in total. The lowest BCUT2D eigenvalue weighted by Crippen LogP contribution is -2.30. The summed E-state index contributed by atoms with van der Waals surface area (Å²) in [5.41, 5.74) is 5.42. The van der Waals surface area contributed by atoms with Gasteiger partial charge in [-0.3, -0.25) is 0 Å². The standard InChI is InChI=1S/C4H10N2.2ClH/c5-4-2-1-3-6-4;;/h4,6H,1-3,5H2;2*1H. The van der Waals surface area contributed by atoms with Crippen LogP contribution in [0, 0.1) is 0 Å². The minimum absolute atomic E-state index is 0. The molecule has 8 heavy (non-hydrogen) atoms. The highest BCUT2D eigenvalue weighted by Crippen LogP contribution is 1.96. The van der Waals surface area contributed by atoms with Gasteiger partial charge < -0.3 is 11.1 Å². The van der Waals surface area contributed by atoms with Gasteiger partial charge in [-0.2, -0.15) is 0 Å². The Morgan fingerprint density at radius 3 is 2.12 bits per heavy atom. The number of halogens is 2. The van der Waals surface area contributed by atoms with Crippen LogP contribution in [0.2, 0.25) is 0 Å². The van der Waals surface area contributed by atoms with Crippen LogP contribution in [-0.2, 0) is 0 Å². The van der Waals surface area contributed by atoms with Crippen LogP contribution in [-0.4, -0.2) is 12.7 Å². The van der Waals surface area contributed by atoms with Crippen LogP contribution < -0.4 is 11.1 Å². The SMILES string of the molecule is Cl.Cl.NC1CCCN1. The maximum absolute atomic E-state index is 5.42. The lowest BCUT2D eigenvalue weighted by Gasteiger charge is -1.95. The zero-order chi connectivity index (χ0) is 4.41. The Hall–Kier alpha value is 0.500. The van der Waals surface area contributed by atoms with Crippen molar-refractivity contribution in [2.24, 2.45) is 5.73 Å². The van der Waals surface area contributed by atoms with Gasteiger partial charge in [-0.25, -0.2) is 0 Å². The molecule has 0 aromatic heterocycles. The topological polar surface area (TPSA) is 38.0 Å². The van der Waals surface area contributed by atoms with E-state index >= 15 is 0 Å². The third kappa shape index (κ3) is 3.50. The summed E-state index contributed by atoms with van der Waals surface area (Å²) in [6.45, 7) is 1.11. The first-order chi connectivity index (χ1) is 2.89. The van der Waals surface area contributed by atoms with Crippen molar-refractivity contribution in [2.75, 3.05) is 6.54 Å². The normalized spacial score (nSPS) is 25.9. The Balaban J connectivity index is 0. The highest BCUT2D eigenvalue weighted by Gasteiger charge is 2.05.